The maximum absolute atomic E-state index is 12.3. The number of carbonyl (C=O) groups is 1. The van der Waals surface area contributed by atoms with Crippen molar-refractivity contribution in [2.75, 3.05) is 26.7 Å². The van der Waals surface area contributed by atoms with E-state index in [1.165, 1.54) is 12.8 Å². The van der Waals surface area contributed by atoms with Crippen LogP contribution in [0.15, 0.2) is 29.3 Å². The van der Waals surface area contributed by atoms with Crippen molar-refractivity contribution in [3.05, 3.63) is 35.4 Å². The smallest absolute Gasteiger partial charge is 0.251 e. The summed E-state index contributed by atoms with van der Waals surface area (Å²) in [5.41, 5.74) is 1.72. The molecule has 0 spiro atoms. The molecule has 6 heteroatoms. The number of rotatable bonds is 9. The monoisotopic (exact) mass is 360 g/mol. The van der Waals surface area contributed by atoms with E-state index in [4.69, 9.17) is 4.74 Å². The molecule has 1 aliphatic rings. The van der Waals surface area contributed by atoms with Crippen molar-refractivity contribution in [3.8, 4) is 0 Å². The second-order valence-electron chi connectivity index (χ2n) is 6.61. The Morgan fingerprint density at radius 1 is 1.27 bits per heavy atom. The van der Waals surface area contributed by atoms with Gasteiger partial charge in [0.1, 0.15) is 0 Å². The number of hydrogen-bond acceptors (Lipinski definition) is 3. The second kappa shape index (κ2) is 11.5. The lowest BCUT2D eigenvalue weighted by Crippen LogP contribution is -2.37. The van der Waals surface area contributed by atoms with Crippen LogP contribution in [0.2, 0.25) is 0 Å². The van der Waals surface area contributed by atoms with Crippen molar-refractivity contribution < 1.29 is 9.53 Å². The van der Waals surface area contributed by atoms with Crippen molar-refractivity contribution >= 4 is 11.9 Å². The SMILES string of the molecule is CCCCCNC(=NC)NCc1cccc(C(=O)NCC2CCCO2)c1. The summed E-state index contributed by atoms with van der Waals surface area (Å²) in [5.74, 6) is 0.735. The minimum absolute atomic E-state index is 0.0515. The minimum Gasteiger partial charge on any atom is -0.376 e. The van der Waals surface area contributed by atoms with Gasteiger partial charge in [-0.25, -0.2) is 0 Å². The zero-order valence-electron chi connectivity index (χ0n) is 16.0. The van der Waals surface area contributed by atoms with Gasteiger partial charge in [0, 0.05) is 38.9 Å². The highest BCUT2D eigenvalue weighted by atomic mass is 16.5. The van der Waals surface area contributed by atoms with Crippen LogP contribution in [-0.2, 0) is 11.3 Å². The van der Waals surface area contributed by atoms with E-state index >= 15 is 0 Å². The van der Waals surface area contributed by atoms with E-state index < -0.39 is 0 Å². The van der Waals surface area contributed by atoms with Crippen LogP contribution >= 0.6 is 0 Å². The molecule has 3 N–H and O–H groups in total. The molecule has 144 valence electrons. The van der Waals surface area contributed by atoms with Gasteiger partial charge < -0.3 is 20.7 Å². The molecule has 1 aromatic carbocycles. The minimum atomic E-state index is -0.0515. The predicted octanol–water partition coefficient (Wildman–Crippen LogP) is 2.45. The molecule has 1 amide bonds. The third-order valence-corrected chi connectivity index (χ3v) is 4.46. The molecular weight excluding hydrogens is 328 g/mol. The lowest BCUT2D eigenvalue weighted by atomic mass is 10.1. The zero-order chi connectivity index (χ0) is 18.6. The van der Waals surface area contributed by atoms with Crippen LogP contribution in [0.4, 0.5) is 0 Å². The molecule has 26 heavy (non-hydrogen) atoms. The van der Waals surface area contributed by atoms with Crippen LogP contribution < -0.4 is 16.0 Å². The number of amides is 1. The first-order valence-electron chi connectivity index (χ1n) is 9.66. The normalized spacial score (nSPS) is 17.2. The predicted molar refractivity (Wildman–Crippen MR) is 105 cm³/mol. The van der Waals surface area contributed by atoms with Gasteiger partial charge in [-0.3, -0.25) is 9.79 Å². The van der Waals surface area contributed by atoms with Crippen LogP contribution in [0.1, 0.15) is 54.9 Å². The largest absolute Gasteiger partial charge is 0.376 e. The van der Waals surface area contributed by atoms with Crippen molar-refractivity contribution in [2.24, 2.45) is 4.99 Å². The average Bonchev–Trinajstić information content (AvgIpc) is 3.19. The average molecular weight is 361 g/mol. The van der Waals surface area contributed by atoms with E-state index in [2.05, 4.69) is 27.9 Å². The summed E-state index contributed by atoms with van der Waals surface area (Å²) in [7, 11) is 1.77. The lowest BCUT2D eigenvalue weighted by Gasteiger charge is -2.13. The molecule has 1 saturated heterocycles. The Balaban J connectivity index is 1.78. The number of nitrogens with zero attached hydrogens (tertiary/aromatic N) is 1. The molecule has 1 atom stereocenters. The van der Waals surface area contributed by atoms with Gasteiger partial charge in [-0.2, -0.15) is 0 Å². The molecular formula is C20H32N4O2. The molecule has 0 aliphatic carbocycles. The molecule has 1 unspecified atom stereocenters. The summed E-state index contributed by atoms with van der Waals surface area (Å²) in [4.78, 5) is 16.6. The first-order chi connectivity index (χ1) is 12.7. The zero-order valence-corrected chi connectivity index (χ0v) is 16.0. The van der Waals surface area contributed by atoms with Crippen molar-refractivity contribution in [2.45, 2.75) is 51.7 Å². The van der Waals surface area contributed by atoms with Gasteiger partial charge in [-0.15, -0.1) is 0 Å². The van der Waals surface area contributed by atoms with Gasteiger partial charge in [0.25, 0.3) is 5.91 Å². The molecule has 1 fully saturated rings. The summed E-state index contributed by atoms with van der Waals surface area (Å²) in [6.07, 6.45) is 5.82. The molecule has 6 nitrogen and oxygen atoms in total. The Morgan fingerprint density at radius 2 is 2.15 bits per heavy atom. The van der Waals surface area contributed by atoms with Gasteiger partial charge in [-0.05, 0) is 37.0 Å². The third-order valence-electron chi connectivity index (χ3n) is 4.46. The molecule has 1 aromatic rings. The van der Waals surface area contributed by atoms with E-state index in [1.54, 1.807) is 7.05 Å². The number of unbranched alkanes of at least 4 members (excludes halogenated alkanes) is 2. The van der Waals surface area contributed by atoms with E-state index in [9.17, 15) is 4.79 Å². The fraction of sp³-hybridized carbons (Fsp3) is 0.600. The van der Waals surface area contributed by atoms with Crippen LogP contribution in [-0.4, -0.2) is 44.7 Å². The number of carbonyl (C=O) groups excluding carboxylic acids is 1. The Labute approximate surface area is 156 Å². The quantitative estimate of drug-likeness (QED) is 0.359. The van der Waals surface area contributed by atoms with Gasteiger partial charge in [0.2, 0.25) is 0 Å². The maximum Gasteiger partial charge on any atom is 0.251 e. The van der Waals surface area contributed by atoms with E-state index in [0.29, 0.717) is 18.7 Å². The molecule has 0 bridgehead atoms. The van der Waals surface area contributed by atoms with E-state index in [-0.39, 0.29) is 12.0 Å². The Morgan fingerprint density at radius 3 is 2.88 bits per heavy atom. The number of benzene rings is 1. The number of aliphatic imine (C=N–C) groups is 1. The van der Waals surface area contributed by atoms with Crippen LogP contribution in [0.25, 0.3) is 0 Å². The Kier molecular flexibility index (Phi) is 8.96. The van der Waals surface area contributed by atoms with Crippen LogP contribution in [0.3, 0.4) is 0 Å². The topological polar surface area (TPSA) is 74.8 Å². The number of ether oxygens (including phenoxy) is 1. The van der Waals surface area contributed by atoms with Crippen molar-refractivity contribution in [1.82, 2.24) is 16.0 Å². The first kappa shape index (κ1) is 20.2. The summed E-state index contributed by atoms with van der Waals surface area (Å²) < 4.78 is 5.54. The van der Waals surface area contributed by atoms with Gasteiger partial charge in [0.15, 0.2) is 5.96 Å². The van der Waals surface area contributed by atoms with E-state index in [1.807, 2.05) is 24.3 Å². The molecule has 0 saturated carbocycles. The van der Waals surface area contributed by atoms with Crippen LogP contribution in [0, 0.1) is 0 Å². The fourth-order valence-corrected chi connectivity index (χ4v) is 2.92. The summed E-state index contributed by atoms with van der Waals surface area (Å²) in [6.45, 7) is 5.11. The number of hydrogen-bond donors (Lipinski definition) is 3. The summed E-state index contributed by atoms with van der Waals surface area (Å²) >= 11 is 0. The maximum atomic E-state index is 12.3. The highest BCUT2D eigenvalue weighted by Gasteiger charge is 2.16. The van der Waals surface area contributed by atoms with E-state index in [0.717, 1.165) is 43.9 Å². The second-order valence-corrected chi connectivity index (χ2v) is 6.61. The van der Waals surface area contributed by atoms with Gasteiger partial charge in [0.05, 0.1) is 6.10 Å². The molecule has 2 rings (SSSR count). The number of guanidine groups is 1. The third kappa shape index (κ3) is 7.04. The highest BCUT2D eigenvalue weighted by molar-refractivity contribution is 5.94. The Bertz CT molecular complexity index is 583. The number of nitrogens with one attached hydrogen (secondary N) is 3. The summed E-state index contributed by atoms with van der Waals surface area (Å²) in [6, 6.07) is 7.68. The highest BCUT2D eigenvalue weighted by Crippen LogP contribution is 2.11. The fourth-order valence-electron chi connectivity index (χ4n) is 2.92. The van der Waals surface area contributed by atoms with Crippen molar-refractivity contribution in [3.63, 3.8) is 0 Å². The van der Waals surface area contributed by atoms with Gasteiger partial charge >= 0.3 is 0 Å². The first-order valence-corrected chi connectivity index (χ1v) is 9.66. The Hall–Kier alpha value is -2.08. The molecule has 0 radical (unpaired) electrons. The molecule has 1 heterocycles. The van der Waals surface area contributed by atoms with Gasteiger partial charge in [-0.1, -0.05) is 31.9 Å². The summed E-state index contributed by atoms with van der Waals surface area (Å²) in [5, 5.41) is 9.57. The molecule has 1 aliphatic heterocycles. The molecule has 0 aromatic heterocycles. The van der Waals surface area contributed by atoms with Crippen molar-refractivity contribution in [1.29, 1.82) is 0 Å². The van der Waals surface area contributed by atoms with Crippen LogP contribution in [0.5, 0.6) is 0 Å². The lowest BCUT2D eigenvalue weighted by molar-refractivity contribution is 0.0857. The standard InChI is InChI=1S/C20H32N4O2/c1-3-4-5-11-22-20(21-2)24-14-16-8-6-9-17(13-16)19(25)23-15-18-10-7-12-26-18/h6,8-9,13,18H,3-5,7,10-12,14-15H2,1-2H3,(H,23,25)(H2,21,22,24).